The highest BCUT2D eigenvalue weighted by atomic mass is 32.2. The number of thioether (sulfide) groups is 1. The van der Waals surface area contributed by atoms with Gasteiger partial charge in [0.15, 0.2) is 0 Å². The molecule has 134 valence electrons. The van der Waals surface area contributed by atoms with E-state index in [4.69, 9.17) is 12.2 Å². The highest BCUT2D eigenvalue weighted by Crippen LogP contribution is 2.32. The van der Waals surface area contributed by atoms with Crippen molar-refractivity contribution in [3.05, 3.63) is 46.5 Å². The average molecular weight is 369 g/mol. The predicted octanol–water partition coefficient (Wildman–Crippen LogP) is 2.59. The lowest BCUT2D eigenvalue weighted by atomic mass is 10.1. The van der Waals surface area contributed by atoms with Gasteiger partial charge in [-0.05, 0) is 12.1 Å². The number of hydrogen-bond donors (Lipinski definition) is 1. The molecule has 1 aromatic rings. The molecule has 1 amide bonds. The maximum absolute atomic E-state index is 13.1. The van der Waals surface area contributed by atoms with Crippen LogP contribution in [0, 0.1) is 12.3 Å². The minimum atomic E-state index is -4.55. The number of nitrogens with two attached hydrogens (primary N) is 1. The van der Waals surface area contributed by atoms with Crippen molar-refractivity contribution in [2.75, 3.05) is 32.1 Å². The summed E-state index contributed by atoms with van der Waals surface area (Å²) >= 11 is 1.41. The van der Waals surface area contributed by atoms with Crippen molar-refractivity contribution >= 4 is 17.7 Å². The standard InChI is InChI=1S/C17H18F3N3OS/c1-2-13(11-21)25-12-22-7-9-23(10-8-22)16(24)14-5-3-4-6-15(14)17(18,19)20/h1,3-6,11H,7-10,12,21H2/b13-11-. The molecular formula is C17H18F3N3OS. The molecule has 1 heterocycles. The van der Waals surface area contributed by atoms with Crippen LogP contribution in [0.5, 0.6) is 0 Å². The van der Waals surface area contributed by atoms with Crippen LogP contribution in [0.15, 0.2) is 35.4 Å². The number of benzene rings is 1. The van der Waals surface area contributed by atoms with Crippen molar-refractivity contribution in [1.82, 2.24) is 9.80 Å². The molecule has 8 heteroatoms. The van der Waals surface area contributed by atoms with E-state index in [2.05, 4.69) is 10.8 Å². The Morgan fingerprint density at radius 3 is 2.48 bits per heavy atom. The number of amides is 1. The Labute approximate surface area is 148 Å². The van der Waals surface area contributed by atoms with Crippen molar-refractivity contribution < 1.29 is 18.0 Å². The van der Waals surface area contributed by atoms with Gasteiger partial charge in [-0.15, -0.1) is 6.42 Å². The maximum Gasteiger partial charge on any atom is 0.417 e. The zero-order valence-electron chi connectivity index (χ0n) is 13.4. The molecule has 1 saturated heterocycles. The first-order chi connectivity index (χ1) is 11.9. The molecule has 2 N–H and O–H groups in total. The molecule has 0 bridgehead atoms. The largest absolute Gasteiger partial charge is 0.417 e. The number of terminal acetylenes is 1. The summed E-state index contributed by atoms with van der Waals surface area (Å²) in [6.45, 7) is 1.86. The van der Waals surface area contributed by atoms with Gasteiger partial charge in [0.2, 0.25) is 0 Å². The molecule has 25 heavy (non-hydrogen) atoms. The summed E-state index contributed by atoms with van der Waals surface area (Å²) in [6.07, 6.45) is 2.10. The molecule has 0 radical (unpaired) electrons. The number of hydrogen-bond acceptors (Lipinski definition) is 4. The van der Waals surface area contributed by atoms with E-state index in [0.29, 0.717) is 37.0 Å². The molecule has 0 aliphatic carbocycles. The summed E-state index contributed by atoms with van der Waals surface area (Å²) in [5.74, 6) is 2.49. The number of alkyl halides is 3. The minimum Gasteiger partial charge on any atom is -0.403 e. The lowest BCUT2D eigenvalue weighted by molar-refractivity contribution is -0.138. The topological polar surface area (TPSA) is 49.6 Å². The third-order valence-corrected chi connectivity index (χ3v) is 4.88. The smallest absolute Gasteiger partial charge is 0.403 e. The Hall–Kier alpha value is -2.11. The van der Waals surface area contributed by atoms with Gasteiger partial charge in [0.25, 0.3) is 5.91 Å². The average Bonchev–Trinajstić information content (AvgIpc) is 2.62. The number of piperazine rings is 1. The van der Waals surface area contributed by atoms with Crippen molar-refractivity contribution in [1.29, 1.82) is 0 Å². The van der Waals surface area contributed by atoms with Gasteiger partial charge in [-0.3, -0.25) is 9.69 Å². The van der Waals surface area contributed by atoms with E-state index in [0.717, 1.165) is 6.07 Å². The van der Waals surface area contributed by atoms with Gasteiger partial charge in [-0.2, -0.15) is 13.2 Å². The predicted molar refractivity (Wildman–Crippen MR) is 92.5 cm³/mol. The molecule has 1 aliphatic rings. The molecule has 1 aromatic carbocycles. The van der Waals surface area contributed by atoms with Gasteiger partial charge < -0.3 is 10.6 Å². The van der Waals surface area contributed by atoms with Crippen LogP contribution in [0.2, 0.25) is 0 Å². The SMILES string of the molecule is C#C/C(=C/N)SCN1CCN(C(=O)c2ccccc2C(F)(F)F)CC1. The first kappa shape index (κ1) is 19.2. The van der Waals surface area contributed by atoms with Crippen LogP contribution >= 0.6 is 11.8 Å². The van der Waals surface area contributed by atoms with E-state index in [-0.39, 0.29) is 5.56 Å². The van der Waals surface area contributed by atoms with Crippen LogP contribution in [0.25, 0.3) is 0 Å². The Morgan fingerprint density at radius 1 is 1.28 bits per heavy atom. The second-order valence-electron chi connectivity index (χ2n) is 5.40. The molecule has 1 fully saturated rings. The Morgan fingerprint density at radius 2 is 1.92 bits per heavy atom. The fraction of sp³-hybridized carbons (Fsp3) is 0.353. The van der Waals surface area contributed by atoms with E-state index in [1.54, 1.807) is 0 Å². The van der Waals surface area contributed by atoms with Crippen LogP contribution in [0.1, 0.15) is 15.9 Å². The van der Waals surface area contributed by atoms with Crippen molar-refractivity contribution in [3.63, 3.8) is 0 Å². The van der Waals surface area contributed by atoms with Crippen molar-refractivity contribution in [2.45, 2.75) is 6.18 Å². The number of carbonyl (C=O) groups excluding carboxylic acids is 1. The molecule has 0 unspecified atom stereocenters. The molecule has 0 aromatic heterocycles. The van der Waals surface area contributed by atoms with Crippen molar-refractivity contribution in [3.8, 4) is 12.3 Å². The Kier molecular flexibility index (Phi) is 6.39. The van der Waals surface area contributed by atoms with E-state index in [9.17, 15) is 18.0 Å². The summed E-state index contributed by atoms with van der Waals surface area (Å²) in [7, 11) is 0. The summed E-state index contributed by atoms with van der Waals surface area (Å²) in [5.41, 5.74) is 4.18. The number of carbonyl (C=O) groups is 1. The number of nitrogens with zero attached hydrogens (tertiary/aromatic N) is 2. The number of halogens is 3. The van der Waals surface area contributed by atoms with Crippen LogP contribution in [-0.4, -0.2) is 47.8 Å². The third-order valence-electron chi connectivity index (χ3n) is 3.82. The second-order valence-corrected chi connectivity index (χ2v) is 6.39. The molecule has 0 atom stereocenters. The highest BCUT2D eigenvalue weighted by molar-refractivity contribution is 8.03. The summed E-state index contributed by atoms with van der Waals surface area (Å²) in [6, 6.07) is 4.87. The monoisotopic (exact) mass is 369 g/mol. The maximum atomic E-state index is 13.1. The minimum absolute atomic E-state index is 0.307. The fourth-order valence-corrected chi connectivity index (χ4v) is 3.23. The zero-order valence-corrected chi connectivity index (χ0v) is 14.2. The van der Waals surface area contributed by atoms with Crippen molar-refractivity contribution in [2.24, 2.45) is 5.73 Å². The van der Waals surface area contributed by atoms with Gasteiger partial charge >= 0.3 is 6.18 Å². The normalized spacial score (nSPS) is 16.6. The lowest BCUT2D eigenvalue weighted by Gasteiger charge is -2.34. The van der Waals surface area contributed by atoms with E-state index in [1.807, 2.05) is 0 Å². The first-order valence-corrected chi connectivity index (χ1v) is 8.54. The first-order valence-electron chi connectivity index (χ1n) is 7.56. The molecule has 1 aliphatic heterocycles. The van der Waals surface area contributed by atoms with Gasteiger partial charge in [0.1, 0.15) is 0 Å². The van der Waals surface area contributed by atoms with Crippen LogP contribution in [-0.2, 0) is 6.18 Å². The fourth-order valence-electron chi connectivity index (χ4n) is 2.47. The molecular weight excluding hydrogens is 351 g/mol. The molecule has 0 spiro atoms. The summed E-state index contributed by atoms with van der Waals surface area (Å²) in [4.78, 5) is 16.6. The van der Waals surface area contributed by atoms with Crippen LogP contribution in [0.4, 0.5) is 13.2 Å². The second kappa shape index (κ2) is 8.32. The highest BCUT2D eigenvalue weighted by Gasteiger charge is 2.36. The molecule has 4 nitrogen and oxygen atoms in total. The number of rotatable bonds is 4. The summed E-state index contributed by atoms with van der Waals surface area (Å²) < 4.78 is 39.2. The Balaban J connectivity index is 1.98. The zero-order chi connectivity index (χ0) is 18.4. The molecule has 2 rings (SSSR count). The van der Waals surface area contributed by atoms with Gasteiger partial charge in [-0.25, -0.2) is 0 Å². The number of allylic oxidation sites excluding steroid dienone is 1. The van der Waals surface area contributed by atoms with E-state index in [1.165, 1.54) is 41.1 Å². The van der Waals surface area contributed by atoms with E-state index >= 15 is 0 Å². The summed E-state index contributed by atoms with van der Waals surface area (Å²) in [5, 5.41) is 0. The third kappa shape index (κ3) is 4.94. The van der Waals surface area contributed by atoms with Gasteiger partial charge in [0, 0.05) is 38.3 Å². The van der Waals surface area contributed by atoms with Crippen LogP contribution < -0.4 is 5.73 Å². The van der Waals surface area contributed by atoms with Gasteiger partial charge in [0.05, 0.1) is 16.0 Å². The van der Waals surface area contributed by atoms with Crippen LogP contribution in [0.3, 0.4) is 0 Å². The van der Waals surface area contributed by atoms with E-state index < -0.39 is 17.6 Å². The quantitative estimate of drug-likeness (QED) is 0.829. The lowest BCUT2D eigenvalue weighted by Crippen LogP contribution is -2.48. The van der Waals surface area contributed by atoms with Gasteiger partial charge in [-0.1, -0.05) is 29.8 Å². The molecule has 0 saturated carbocycles. The Bertz CT molecular complexity index is 689.